The summed E-state index contributed by atoms with van der Waals surface area (Å²) in [4.78, 5) is 50.5. The van der Waals surface area contributed by atoms with Crippen LogP contribution in [-0.2, 0) is 28.5 Å². The molecule has 0 saturated carbocycles. The van der Waals surface area contributed by atoms with Crippen LogP contribution in [0.15, 0.2) is 18.3 Å². The Balaban J connectivity index is 2.67. The number of ether oxygens (including phenoxy) is 4. The average molecular weight is 367 g/mol. The number of esters is 4. The smallest absolute Gasteiger partial charge is 0.357 e. The van der Waals surface area contributed by atoms with Crippen LogP contribution < -0.4 is 0 Å². The van der Waals surface area contributed by atoms with E-state index in [0.29, 0.717) is 0 Å². The minimum Gasteiger partial charge on any atom is -0.463 e. The molecule has 0 saturated heterocycles. The van der Waals surface area contributed by atoms with Crippen LogP contribution in [0.25, 0.3) is 0 Å². The number of pyridine rings is 1. The van der Waals surface area contributed by atoms with Gasteiger partial charge in [0, 0.05) is 6.20 Å². The van der Waals surface area contributed by atoms with E-state index in [9.17, 15) is 19.2 Å². The van der Waals surface area contributed by atoms with E-state index < -0.39 is 36.1 Å². The van der Waals surface area contributed by atoms with E-state index in [2.05, 4.69) is 4.98 Å². The number of nitrogens with zero attached hydrogens (tertiary/aromatic N) is 1. The van der Waals surface area contributed by atoms with Gasteiger partial charge in [0.1, 0.15) is 5.69 Å². The Bertz CT molecular complexity index is 598. The Morgan fingerprint density at radius 2 is 1.38 bits per heavy atom. The summed E-state index contributed by atoms with van der Waals surface area (Å²) in [6.45, 7) is 6.36. The second-order valence-corrected chi connectivity index (χ2v) is 5.03. The van der Waals surface area contributed by atoms with Crippen molar-refractivity contribution >= 4 is 23.9 Å². The first-order valence-corrected chi connectivity index (χ1v) is 8.01. The molecule has 1 rings (SSSR count). The van der Waals surface area contributed by atoms with Gasteiger partial charge in [-0.2, -0.15) is 0 Å². The molecule has 0 radical (unpaired) electrons. The van der Waals surface area contributed by atoms with E-state index in [1.165, 1.54) is 26.0 Å². The van der Waals surface area contributed by atoms with Gasteiger partial charge < -0.3 is 18.9 Å². The Labute approximate surface area is 150 Å². The van der Waals surface area contributed by atoms with Crippen LogP contribution in [-0.4, -0.2) is 54.3 Å². The van der Waals surface area contributed by atoms with Gasteiger partial charge in [0.05, 0.1) is 18.8 Å². The Hall–Kier alpha value is -2.97. The van der Waals surface area contributed by atoms with Crippen molar-refractivity contribution < 1.29 is 38.1 Å². The molecule has 0 aliphatic rings. The molecule has 0 fully saturated rings. The summed E-state index contributed by atoms with van der Waals surface area (Å²) in [5, 5.41) is 0. The predicted molar refractivity (Wildman–Crippen MR) is 87.3 cm³/mol. The van der Waals surface area contributed by atoms with Crippen LogP contribution in [0.4, 0.5) is 0 Å². The second-order valence-electron chi connectivity index (χ2n) is 5.03. The fraction of sp³-hybridized carbons (Fsp3) is 0.471. The average Bonchev–Trinajstić information content (AvgIpc) is 2.62. The third-order valence-corrected chi connectivity index (χ3v) is 3.01. The highest BCUT2D eigenvalue weighted by Crippen LogP contribution is 2.08. The zero-order chi connectivity index (χ0) is 19.7. The van der Waals surface area contributed by atoms with Crippen molar-refractivity contribution in [3.8, 4) is 0 Å². The highest BCUT2D eigenvalue weighted by molar-refractivity contribution is 5.93. The summed E-state index contributed by atoms with van der Waals surface area (Å²) in [6, 6.07) is 2.53. The zero-order valence-electron chi connectivity index (χ0n) is 15.0. The number of carbonyl (C=O) groups is 4. The maximum atomic E-state index is 11.9. The summed E-state index contributed by atoms with van der Waals surface area (Å²) >= 11 is 0. The van der Waals surface area contributed by atoms with Crippen molar-refractivity contribution in [1.82, 2.24) is 4.98 Å². The van der Waals surface area contributed by atoms with Gasteiger partial charge in [-0.25, -0.2) is 24.2 Å². The topological polar surface area (TPSA) is 118 Å². The molecular weight excluding hydrogens is 346 g/mol. The summed E-state index contributed by atoms with van der Waals surface area (Å²) in [7, 11) is 0. The molecule has 0 spiro atoms. The Morgan fingerprint density at radius 1 is 0.885 bits per heavy atom. The number of hydrogen-bond acceptors (Lipinski definition) is 9. The molecule has 9 nitrogen and oxygen atoms in total. The van der Waals surface area contributed by atoms with Crippen LogP contribution in [0.3, 0.4) is 0 Å². The molecule has 0 bridgehead atoms. The van der Waals surface area contributed by atoms with Gasteiger partial charge in [0.25, 0.3) is 0 Å². The van der Waals surface area contributed by atoms with E-state index in [1.807, 2.05) is 0 Å². The molecule has 26 heavy (non-hydrogen) atoms. The molecule has 0 aromatic carbocycles. The lowest BCUT2D eigenvalue weighted by Crippen LogP contribution is -2.27. The van der Waals surface area contributed by atoms with Crippen molar-refractivity contribution in [3.05, 3.63) is 29.6 Å². The summed E-state index contributed by atoms with van der Waals surface area (Å²) in [5.41, 5.74) is -0.0627. The molecule has 0 amide bonds. The molecular formula is C17H21NO8. The number of rotatable bonds is 8. The monoisotopic (exact) mass is 367 g/mol. The van der Waals surface area contributed by atoms with Crippen molar-refractivity contribution in [1.29, 1.82) is 0 Å². The van der Waals surface area contributed by atoms with Crippen molar-refractivity contribution in [3.63, 3.8) is 0 Å². The predicted octanol–water partition coefficient (Wildman–Crippen LogP) is 1.30. The molecule has 0 aliphatic heterocycles. The lowest BCUT2D eigenvalue weighted by Gasteiger charge is -2.12. The van der Waals surface area contributed by atoms with Crippen molar-refractivity contribution in [2.45, 2.75) is 39.9 Å². The van der Waals surface area contributed by atoms with Gasteiger partial charge in [-0.05, 0) is 39.8 Å². The lowest BCUT2D eigenvalue weighted by atomic mass is 10.2. The minimum atomic E-state index is -1.08. The first-order chi connectivity index (χ1) is 12.3. The molecule has 2 atom stereocenters. The molecule has 2 unspecified atom stereocenters. The maximum Gasteiger partial charge on any atom is 0.357 e. The third-order valence-electron chi connectivity index (χ3n) is 3.01. The molecule has 9 heteroatoms. The van der Waals surface area contributed by atoms with Crippen molar-refractivity contribution in [2.75, 3.05) is 13.2 Å². The van der Waals surface area contributed by atoms with Gasteiger partial charge >= 0.3 is 23.9 Å². The van der Waals surface area contributed by atoms with E-state index in [1.54, 1.807) is 13.8 Å². The number of carbonyl (C=O) groups excluding carboxylic acids is 4. The van der Waals surface area contributed by atoms with Gasteiger partial charge in [-0.3, -0.25) is 0 Å². The maximum absolute atomic E-state index is 11.9. The minimum absolute atomic E-state index is 0.0381. The highest BCUT2D eigenvalue weighted by Gasteiger charge is 2.22. The van der Waals surface area contributed by atoms with E-state index in [0.717, 1.165) is 6.20 Å². The zero-order valence-corrected chi connectivity index (χ0v) is 15.0. The lowest BCUT2D eigenvalue weighted by molar-refractivity contribution is -0.153. The van der Waals surface area contributed by atoms with E-state index in [-0.39, 0.29) is 24.5 Å². The normalized spacial score (nSPS) is 12.5. The first-order valence-electron chi connectivity index (χ1n) is 8.01. The molecule has 1 aromatic rings. The van der Waals surface area contributed by atoms with Gasteiger partial charge in [0.2, 0.25) is 0 Å². The largest absolute Gasteiger partial charge is 0.463 e. The van der Waals surface area contributed by atoms with Crippen LogP contribution >= 0.6 is 0 Å². The molecule has 1 aromatic heterocycles. The van der Waals surface area contributed by atoms with Gasteiger partial charge in [-0.15, -0.1) is 0 Å². The van der Waals surface area contributed by atoms with E-state index >= 15 is 0 Å². The summed E-state index contributed by atoms with van der Waals surface area (Å²) < 4.78 is 19.3. The van der Waals surface area contributed by atoms with E-state index in [4.69, 9.17) is 18.9 Å². The molecule has 0 aliphatic carbocycles. The third kappa shape index (κ3) is 6.15. The first kappa shape index (κ1) is 21.1. The summed E-state index contributed by atoms with van der Waals surface area (Å²) in [6.07, 6.45) is -1.05. The Kier molecular flexibility index (Phi) is 8.20. The van der Waals surface area contributed by atoms with Crippen LogP contribution in [0.1, 0.15) is 48.5 Å². The van der Waals surface area contributed by atoms with Gasteiger partial charge in [0.15, 0.2) is 12.2 Å². The van der Waals surface area contributed by atoms with Crippen molar-refractivity contribution in [2.24, 2.45) is 0 Å². The Morgan fingerprint density at radius 3 is 1.81 bits per heavy atom. The molecule has 142 valence electrons. The van der Waals surface area contributed by atoms with Crippen LogP contribution in [0.2, 0.25) is 0 Å². The fourth-order valence-corrected chi connectivity index (χ4v) is 1.70. The number of aromatic nitrogens is 1. The summed E-state index contributed by atoms with van der Waals surface area (Å²) in [5.74, 6) is -2.97. The highest BCUT2D eigenvalue weighted by atomic mass is 16.6. The second kappa shape index (κ2) is 10.1. The molecule has 0 N–H and O–H groups in total. The fourth-order valence-electron chi connectivity index (χ4n) is 1.70. The molecule has 1 heterocycles. The van der Waals surface area contributed by atoms with Crippen LogP contribution in [0, 0.1) is 0 Å². The van der Waals surface area contributed by atoms with Gasteiger partial charge in [-0.1, -0.05) is 0 Å². The standard InChI is InChI=1S/C17H21NO8/c1-5-23-14(19)10(3)25-16(21)12-7-8-13(18-9-12)17(22)26-11(4)15(20)24-6-2/h7-11H,5-6H2,1-4H3. The quantitative estimate of drug-likeness (QED) is 0.495. The van der Waals surface area contributed by atoms with Crippen LogP contribution in [0.5, 0.6) is 0 Å². The number of hydrogen-bond donors (Lipinski definition) is 0. The SMILES string of the molecule is CCOC(=O)C(C)OC(=O)c1ccc(C(=O)OC(C)C(=O)OCC)nc1.